The van der Waals surface area contributed by atoms with Crippen LogP contribution in [0.2, 0.25) is 0 Å². The van der Waals surface area contributed by atoms with Crippen LogP contribution in [0.15, 0.2) is 47.6 Å². The number of fused-ring (bicyclic) bond motifs is 5. The summed E-state index contributed by atoms with van der Waals surface area (Å²) in [6.45, 7) is 8.85. The average Bonchev–Trinajstić information content (AvgIpc) is 3.28. The van der Waals surface area contributed by atoms with Gasteiger partial charge in [-0.2, -0.15) is 5.10 Å². The van der Waals surface area contributed by atoms with E-state index >= 15 is 0 Å². The van der Waals surface area contributed by atoms with Gasteiger partial charge in [0.25, 0.3) is 0 Å². The summed E-state index contributed by atoms with van der Waals surface area (Å²) < 4.78 is 2.00. The lowest BCUT2D eigenvalue weighted by Crippen LogP contribution is -2.50. The first kappa shape index (κ1) is 23.0. The third-order valence-corrected chi connectivity index (χ3v) is 10.4. The maximum Gasteiger partial charge on any atom is 0.165 e. The number of hydrogen-bond acceptors (Lipinski definition) is 3. The number of carbonyl (C=O) groups excluding carboxylic acids is 1. The Hall–Kier alpha value is -2.46. The lowest BCUT2D eigenvalue weighted by molar-refractivity contribution is -0.130. The van der Waals surface area contributed by atoms with Crippen molar-refractivity contribution < 1.29 is 9.90 Å². The number of allylic oxidation sites excluding steroid dienone is 2. The van der Waals surface area contributed by atoms with E-state index in [2.05, 4.69) is 52.0 Å². The number of ketones is 1. The van der Waals surface area contributed by atoms with E-state index in [1.54, 1.807) is 0 Å². The van der Waals surface area contributed by atoms with Gasteiger partial charge < -0.3 is 5.11 Å². The Morgan fingerprint density at radius 2 is 1.77 bits per heavy atom. The Balaban J connectivity index is 1.34. The van der Waals surface area contributed by atoms with Crippen molar-refractivity contribution in [3.63, 3.8) is 0 Å². The fourth-order valence-electron chi connectivity index (χ4n) is 8.30. The molecule has 6 atom stereocenters. The summed E-state index contributed by atoms with van der Waals surface area (Å²) >= 11 is 0. The van der Waals surface area contributed by atoms with E-state index in [0.717, 1.165) is 73.2 Å². The number of nitrogens with zero attached hydrogens (tertiary/aromatic N) is 2. The predicted molar refractivity (Wildman–Crippen MR) is 139 cm³/mol. The molecule has 4 aliphatic rings. The number of aromatic nitrogens is 2. The zero-order valence-corrected chi connectivity index (χ0v) is 21.6. The van der Waals surface area contributed by atoms with Crippen LogP contribution in [0.3, 0.4) is 0 Å². The molecule has 0 bridgehead atoms. The van der Waals surface area contributed by atoms with Crippen LogP contribution in [-0.4, -0.2) is 26.8 Å². The van der Waals surface area contributed by atoms with Crippen LogP contribution in [0, 0.1) is 42.4 Å². The minimum atomic E-state index is -0.250. The Labute approximate surface area is 209 Å². The molecule has 1 N–H and O–H groups in total. The van der Waals surface area contributed by atoms with Gasteiger partial charge in [0.1, 0.15) is 0 Å². The summed E-state index contributed by atoms with van der Waals surface area (Å²) in [5, 5.41) is 15.1. The van der Waals surface area contributed by atoms with E-state index < -0.39 is 0 Å². The second kappa shape index (κ2) is 8.03. The highest BCUT2D eigenvalue weighted by atomic mass is 16.3. The quantitative estimate of drug-likeness (QED) is 0.409. The van der Waals surface area contributed by atoms with Gasteiger partial charge in [-0.05, 0) is 106 Å². The lowest BCUT2D eigenvalue weighted by Gasteiger charge is -2.56. The number of Topliss-reactive ketones (excluding diaryl/α,β-unsaturated/α-hetero) is 1. The van der Waals surface area contributed by atoms with Gasteiger partial charge in [0.15, 0.2) is 5.78 Å². The fraction of sp³-hybridized carbons (Fsp3) is 0.548. The van der Waals surface area contributed by atoms with Crippen molar-refractivity contribution in [3.8, 4) is 5.69 Å². The van der Waals surface area contributed by atoms with Gasteiger partial charge in [0, 0.05) is 16.7 Å². The first-order valence-corrected chi connectivity index (χ1v) is 13.5. The molecule has 3 fully saturated rings. The third kappa shape index (κ3) is 3.36. The lowest BCUT2D eigenvalue weighted by atomic mass is 9.48. The molecule has 0 spiro atoms. The first-order chi connectivity index (χ1) is 16.7. The zero-order valence-electron chi connectivity index (χ0n) is 21.6. The van der Waals surface area contributed by atoms with E-state index in [-0.39, 0.29) is 16.9 Å². The van der Waals surface area contributed by atoms with Crippen molar-refractivity contribution >= 4 is 11.9 Å². The van der Waals surface area contributed by atoms with Gasteiger partial charge in [-0.1, -0.05) is 43.7 Å². The molecule has 184 valence electrons. The number of carbonyl (C=O) groups is 1. The summed E-state index contributed by atoms with van der Waals surface area (Å²) in [4.78, 5) is 13.9. The first-order valence-electron chi connectivity index (χ1n) is 13.5. The maximum absolute atomic E-state index is 13.9. The molecule has 3 saturated carbocycles. The minimum Gasteiger partial charge on any atom is -0.393 e. The van der Waals surface area contributed by atoms with Gasteiger partial charge in [-0.3, -0.25) is 4.79 Å². The summed E-state index contributed by atoms with van der Waals surface area (Å²) in [6, 6.07) is 10.2. The molecule has 1 heterocycles. The van der Waals surface area contributed by atoms with Crippen LogP contribution in [0.5, 0.6) is 0 Å². The number of aryl methyl sites for hydroxylation is 1. The normalized spacial score (nSPS) is 37.6. The van der Waals surface area contributed by atoms with Gasteiger partial charge in [-0.15, -0.1) is 0 Å². The predicted octanol–water partition coefficient (Wildman–Crippen LogP) is 6.38. The molecule has 0 radical (unpaired) electrons. The number of aliphatic hydroxyl groups excluding tert-OH is 1. The second-order valence-corrected chi connectivity index (χ2v) is 12.1. The van der Waals surface area contributed by atoms with Gasteiger partial charge >= 0.3 is 0 Å². The molecular formula is C31H38N2O2. The Bertz CT molecular complexity index is 1240. The Morgan fingerprint density at radius 3 is 2.54 bits per heavy atom. The van der Waals surface area contributed by atoms with Crippen LogP contribution in [-0.2, 0) is 4.79 Å². The van der Waals surface area contributed by atoms with Crippen molar-refractivity contribution in [1.82, 2.24) is 9.78 Å². The SMILES string of the molecule is Cc1nn(-c2ccccc2)c(C)c1/C=C1\C[C@H]2[C@@H]3CC=C4C[C@@H](O)CC[C@]4(C)[C@H]3CC[C@]2(C)C1=O. The number of rotatable bonds is 2. The number of benzene rings is 1. The van der Waals surface area contributed by atoms with Crippen molar-refractivity contribution in [2.75, 3.05) is 0 Å². The molecule has 4 heteroatoms. The third-order valence-electron chi connectivity index (χ3n) is 10.4. The molecule has 1 aromatic heterocycles. The zero-order chi connectivity index (χ0) is 24.5. The molecule has 0 saturated heterocycles. The smallest absolute Gasteiger partial charge is 0.165 e. The molecule has 0 unspecified atom stereocenters. The fourth-order valence-corrected chi connectivity index (χ4v) is 8.30. The Kier molecular flexibility index (Phi) is 5.27. The highest BCUT2D eigenvalue weighted by Crippen LogP contribution is 2.64. The van der Waals surface area contributed by atoms with Crippen LogP contribution in [0.4, 0.5) is 0 Å². The summed E-state index contributed by atoms with van der Waals surface area (Å²) in [5.41, 5.74) is 6.64. The highest BCUT2D eigenvalue weighted by Gasteiger charge is 2.59. The van der Waals surface area contributed by atoms with Crippen LogP contribution < -0.4 is 0 Å². The van der Waals surface area contributed by atoms with Gasteiger partial charge in [0.2, 0.25) is 0 Å². The van der Waals surface area contributed by atoms with Gasteiger partial charge in [-0.25, -0.2) is 4.68 Å². The molecular weight excluding hydrogens is 432 g/mol. The maximum atomic E-state index is 13.9. The molecule has 35 heavy (non-hydrogen) atoms. The van der Waals surface area contributed by atoms with Crippen LogP contribution >= 0.6 is 0 Å². The van der Waals surface area contributed by atoms with E-state index in [1.807, 2.05) is 22.9 Å². The second-order valence-electron chi connectivity index (χ2n) is 12.1. The number of aliphatic hydroxyl groups is 1. The van der Waals surface area contributed by atoms with E-state index in [0.29, 0.717) is 23.5 Å². The van der Waals surface area contributed by atoms with E-state index in [1.165, 1.54) is 5.57 Å². The molecule has 0 amide bonds. The minimum absolute atomic E-state index is 0.175. The van der Waals surface area contributed by atoms with Gasteiger partial charge in [0.05, 0.1) is 17.5 Å². The number of para-hydroxylation sites is 1. The highest BCUT2D eigenvalue weighted by molar-refractivity contribution is 6.06. The molecule has 6 rings (SSSR count). The summed E-state index contributed by atoms with van der Waals surface area (Å²) in [6.07, 6.45) is 11.3. The van der Waals surface area contributed by atoms with Crippen LogP contribution in [0.1, 0.15) is 75.7 Å². The molecule has 2 aromatic rings. The average molecular weight is 471 g/mol. The van der Waals surface area contributed by atoms with Crippen molar-refractivity contribution in [1.29, 1.82) is 0 Å². The standard InChI is InChI=1S/C31H38N2O2/c1-19-26(20(2)33(32-19)23-8-6-5-7-9-23)16-21-17-28-25-11-10-22-18-24(34)12-14-30(22,3)27(25)13-15-31(28,4)29(21)35/h5-10,16,24-25,27-28,34H,11-15,17-18H2,1-4H3/b21-16+/t24-,25+,27-,28-,30-,31-/m0/s1. The topological polar surface area (TPSA) is 55.1 Å². The Morgan fingerprint density at radius 1 is 1.03 bits per heavy atom. The van der Waals surface area contributed by atoms with E-state index in [4.69, 9.17) is 5.10 Å². The van der Waals surface area contributed by atoms with E-state index in [9.17, 15) is 9.90 Å². The monoisotopic (exact) mass is 470 g/mol. The summed E-state index contributed by atoms with van der Waals surface area (Å²) in [7, 11) is 0. The molecule has 4 aliphatic carbocycles. The summed E-state index contributed by atoms with van der Waals surface area (Å²) in [5.74, 6) is 1.96. The van der Waals surface area contributed by atoms with Crippen molar-refractivity contribution in [2.24, 2.45) is 28.6 Å². The number of hydrogen-bond donors (Lipinski definition) is 1. The molecule has 1 aromatic carbocycles. The van der Waals surface area contributed by atoms with Crippen LogP contribution in [0.25, 0.3) is 11.8 Å². The largest absolute Gasteiger partial charge is 0.393 e. The molecule has 0 aliphatic heterocycles. The van der Waals surface area contributed by atoms with Crippen molar-refractivity contribution in [3.05, 3.63) is 64.5 Å². The molecule has 4 nitrogen and oxygen atoms in total. The van der Waals surface area contributed by atoms with Crippen molar-refractivity contribution in [2.45, 2.75) is 78.7 Å².